The van der Waals surface area contributed by atoms with Crippen LogP contribution in [0, 0.1) is 0 Å². The van der Waals surface area contributed by atoms with E-state index in [4.69, 9.17) is 9.47 Å². The fraction of sp³-hybridized carbons (Fsp3) is 0.556. The van der Waals surface area contributed by atoms with Gasteiger partial charge >= 0.3 is 0 Å². The first-order valence-electron chi connectivity index (χ1n) is 8.19. The van der Waals surface area contributed by atoms with Crippen molar-refractivity contribution >= 4 is 11.8 Å². The Balaban J connectivity index is 2.04. The van der Waals surface area contributed by atoms with Crippen LogP contribution in [0.25, 0.3) is 0 Å². The minimum Gasteiger partial charge on any atom is -0.497 e. The Kier molecular flexibility index (Phi) is 6.06. The molecule has 1 unspecified atom stereocenters. The first kappa shape index (κ1) is 18.1. The molecule has 0 aliphatic carbocycles. The van der Waals surface area contributed by atoms with E-state index in [1.165, 1.54) is 0 Å². The normalized spacial score (nSPS) is 16.8. The van der Waals surface area contributed by atoms with Crippen molar-refractivity contribution in [3.05, 3.63) is 23.8 Å². The maximum atomic E-state index is 12.6. The second-order valence-corrected chi connectivity index (χ2v) is 6.16. The van der Waals surface area contributed by atoms with Gasteiger partial charge in [-0.2, -0.15) is 0 Å². The molecule has 0 aromatic heterocycles. The summed E-state index contributed by atoms with van der Waals surface area (Å²) in [5.74, 6) is 1.49. The molecule has 1 aromatic rings. The predicted octanol–water partition coefficient (Wildman–Crippen LogP) is 1.72. The van der Waals surface area contributed by atoms with Gasteiger partial charge in [-0.1, -0.05) is 0 Å². The van der Waals surface area contributed by atoms with Crippen molar-refractivity contribution < 1.29 is 19.1 Å². The van der Waals surface area contributed by atoms with E-state index in [0.717, 1.165) is 29.9 Å². The number of methoxy groups -OCH3 is 2. The quantitative estimate of drug-likeness (QED) is 0.795. The van der Waals surface area contributed by atoms with Crippen LogP contribution in [0.5, 0.6) is 11.5 Å². The molecule has 2 rings (SSSR count). The Hall–Kier alpha value is -2.24. The molecule has 132 valence electrons. The lowest BCUT2D eigenvalue weighted by molar-refractivity contribution is -0.142. The molecular weight excluding hydrogens is 308 g/mol. The molecule has 2 amide bonds. The molecule has 1 saturated heterocycles. The molecule has 6 nitrogen and oxygen atoms in total. The summed E-state index contributed by atoms with van der Waals surface area (Å²) in [6, 6.07) is 5.24. The van der Waals surface area contributed by atoms with Crippen molar-refractivity contribution in [1.29, 1.82) is 0 Å². The molecule has 1 atom stereocenters. The summed E-state index contributed by atoms with van der Waals surface area (Å²) < 4.78 is 10.6. The summed E-state index contributed by atoms with van der Waals surface area (Å²) in [7, 11) is 6.67. The lowest BCUT2D eigenvalue weighted by Gasteiger charge is -2.26. The number of hydrogen-bond donors (Lipinski definition) is 0. The minimum absolute atomic E-state index is 0.000175. The zero-order valence-electron chi connectivity index (χ0n) is 14.9. The number of ether oxygens (including phenoxy) is 2. The first-order chi connectivity index (χ1) is 11.5. The molecule has 0 spiro atoms. The van der Waals surface area contributed by atoms with Gasteiger partial charge in [0.2, 0.25) is 11.8 Å². The van der Waals surface area contributed by atoms with E-state index < -0.39 is 0 Å². The summed E-state index contributed by atoms with van der Waals surface area (Å²) in [6.07, 6.45) is 2.52. The summed E-state index contributed by atoms with van der Waals surface area (Å²) in [6.45, 7) is 0.651. The molecule has 6 heteroatoms. The number of hydrogen-bond acceptors (Lipinski definition) is 4. The molecule has 1 heterocycles. The van der Waals surface area contributed by atoms with Crippen LogP contribution >= 0.6 is 0 Å². The van der Waals surface area contributed by atoms with Crippen molar-refractivity contribution in [2.45, 2.75) is 31.7 Å². The molecule has 1 aliphatic heterocycles. The number of amides is 2. The third kappa shape index (κ3) is 3.99. The number of carbonyl (C=O) groups excluding carboxylic acids is 2. The lowest BCUT2D eigenvalue weighted by Crippen LogP contribution is -2.45. The Bertz CT molecular complexity index is 601. The molecule has 0 radical (unpaired) electrons. The van der Waals surface area contributed by atoms with Gasteiger partial charge in [-0.25, -0.2) is 0 Å². The third-order valence-electron chi connectivity index (χ3n) is 4.39. The number of rotatable bonds is 6. The largest absolute Gasteiger partial charge is 0.497 e. The van der Waals surface area contributed by atoms with E-state index in [-0.39, 0.29) is 17.9 Å². The molecule has 0 saturated carbocycles. The molecule has 1 aliphatic rings. The zero-order valence-corrected chi connectivity index (χ0v) is 14.9. The van der Waals surface area contributed by atoms with E-state index in [0.29, 0.717) is 19.4 Å². The van der Waals surface area contributed by atoms with Crippen molar-refractivity contribution in [3.63, 3.8) is 0 Å². The topological polar surface area (TPSA) is 59.1 Å². The van der Waals surface area contributed by atoms with E-state index in [9.17, 15) is 9.59 Å². The van der Waals surface area contributed by atoms with Gasteiger partial charge in [0.05, 0.1) is 14.2 Å². The van der Waals surface area contributed by atoms with Crippen LogP contribution in [0.4, 0.5) is 0 Å². The van der Waals surface area contributed by atoms with Crippen molar-refractivity contribution in [3.8, 4) is 11.5 Å². The molecule has 1 aromatic carbocycles. The summed E-state index contributed by atoms with van der Waals surface area (Å²) >= 11 is 0. The Morgan fingerprint density at radius 3 is 2.62 bits per heavy atom. The van der Waals surface area contributed by atoms with E-state index >= 15 is 0 Å². The van der Waals surface area contributed by atoms with Crippen molar-refractivity contribution in [2.24, 2.45) is 0 Å². The van der Waals surface area contributed by atoms with Gasteiger partial charge in [0.25, 0.3) is 0 Å². The van der Waals surface area contributed by atoms with Crippen LogP contribution in [0.2, 0.25) is 0 Å². The highest BCUT2D eigenvalue weighted by molar-refractivity contribution is 5.88. The monoisotopic (exact) mass is 334 g/mol. The molecule has 0 N–H and O–H groups in total. The Morgan fingerprint density at radius 1 is 1.25 bits per heavy atom. The number of likely N-dealkylation sites (tertiary alicyclic amines) is 1. The molecule has 0 bridgehead atoms. The summed E-state index contributed by atoms with van der Waals surface area (Å²) in [5.41, 5.74) is 0.930. The zero-order chi connectivity index (χ0) is 17.7. The Labute approximate surface area is 143 Å². The minimum atomic E-state index is -0.320. The van der Waals surface area contributed by atoms with Crippen molar-refractivity contribution in [2.75, 3.05) is 34.9 Å². The fourth-order valence-corrected chi connectivity index (χ4v) is 3.08. The Morgan fingerprint density at radius 2 is 2.00 bits per heavy atom. The average molecular weight is 334 g/mol. The second kappa shape index (κ2) is 8.04. The van der Waals surface area contributed by atoms with Crippen LogP contribution < -0.4 is 9.47 Å². The maximum Gasteiger partial charge on any atom is 0.244 e. The lowest BCUT2D eigenvalue weighted by atomic mass is 10.1. The number of benzene rings is 1. The first-order valence-corrected chi connectivity index (χ1v) is 8.19. The van der Waals surface area contributed by atoms with Crippen LogP contribution in [0.3, 0.4) is 0 Å². The number of likely N-dealkylation sites (N-methyl/N-ethyl adjacent to an activating group) is 1. The van der Waals surface area contributed by atoms with Gasteiger partial charge < -0.3 is 19.3 Å². The van der Waals surface area contributed by atoms with Crippen LogP contribution in [0.1, 0.15) is 24.8 Å². The fourth-order valence-electron chi connectivity index (χ4n) is 3.08. The van der Waals surface area contributed by atoms with E-state index in [2.05, 4.69) is 0 Å². The van der Waals surface area contributed by atoms with E-state index in [1.54, 1.807) is 38.1 Å². The van der Waals surface area contributed by atoms with Gasteiger partial charge in [0.1, 0.15) is 17.5 Å². The highest BCUT2D eigenvalue weighted by atomic mass is 16.5. The SMILES string of the molecule is COc1ccc(OC)c(CCC(=O)N2CCCC2C(=O)N(C)C)c1. The number of nitrogens with zero attached hydrogens (tertiary/aromatic N) is 2. The standard InChI is InChI=1S/C18H26N2O4/c1-19(2)18(22)15-6-5-11-20(15)17(21)10-7-13-12-14(23-3)8-9-16(13)24-4/h8-9,12,15H,5-7,10-11H2,1-4H3. The van der Waals surface area contributed by atoms with Gasteiger partial charge in [-0.3, -0.25) is 9.59 Å². The van der Waals surface area contributed by atoms with Gasteiger partial charge in [-0.05, 0) is 43.0 Å². The highest BCUT2D eigenvalue weighted by Crippen LogP contribution is 2.26. The maximum absolute atomic E-state index is 12.6. The van der Waals surface area contributed by atoms with Crippen molar-refractivity contribution in [1.82, 2.24) is 9.80 Å². The van der Waals surface area contributed by atoms with Gasteiger partial charge in [0, 0.05) is 27.1 Å². The van der Waals surface area contributed by atoms with Crippen LogP contribution in [-0.2, 0) is 16.0 Å². The highest BCUT2D eigenvalue weighted by Gasteiger charge is 2.34. The predicted molar refractivity (Wildman–Crippen MR) is 91.3 cm³/mol. The average Bonchev–Trinajstić information content (AvgIpc) is 3.08. The molecule has 24 heavy (non-hydrogen) atoms. The van der Waals surface area contributed by atoms with E-state index in [1.807, 2.05) is 18.2 Å². The van der Waals surface area contributed by atoms with Crippen LogP contribution in [0.15, 0.2) is 18.2 Å². The number of aryl methyl sites for hydroxylation is 1. The van der Waals surface area contributed by atoms with Crippen LogP contribution in [-0.4, -0.2) is 62.5 Å². The molecular formula is C18H26N2O4. The van der Waals surface area contributed by atoms with Gasteiger partial charge in [0.15, 0.2) is 0 Å². The number of carbonyl (C=O) groups is 2. The summed E-state index contributed by atoms with van der Waals surface area (Å²) in [4.78, 5) is 28.1. The third-order valence-corrected chi connectivity index (χ3v) is 4.39. The molecule has 1 fully saturated rings. The smallest absolute Gasteiger partial charge is 0.244 e. The summed E-state index contributed by atoms with van der Waals surface area (Å²) in [5, 5.41) is 0. The second-order valence-electron chi connectivity index (χ2n) is 6.16. The van der Waals surface area contributed by atoms with Gasteiger partial charge in [-0.15, -0.1) is 0 Å².